The van der Waals surface area contributed by atoms with Crippen molar-refractivity contribution in [1.82, 2.24) is 10.3 Å². The SMILES string of the molecule is CC(C)CNCc1ccc(OCc2cscn2)c(Cl)c1. The summed E-state index contributed by atoms with van der Waals surface area (Å²) in [4.78, 5) is 4.18. The van der Waals surface area contributed by atoms with Gasteiger partial charge in [-0.1, -0.05) is 31.5 Å². The lowest BCUT2D eigenvalue weighted by molar-refractivity contribution is 0.302. The number of ether oxygens (including phenoxy) is 1. The summed E-state index contributed by atoms with van der Waals surface area (Å²) in [6.45, 7) is 6.66. The second-order valence-electron chi connectivity index (χ2n) is 5.06. The van der Waals surface area contributed by atoms with Gasteiger partial charge in [0, 0.05) is 11.9 Å². The maximum absolute atomic E-state index is 6.24. The second-order valence-corrected chi connectivity index (χ2v) is 6.18. The number of nitrogens with one attached hydrogen (secondary N) is 1. The van der Waals surface area contributed by atoms with E-state index in [0.717, 1.165) is 24.3 Å². The molecule has 2 rings (SSSR count). The van der Waals surface area contributed by atoms with Gasteiger partial charge in [0.15, 0.2) is 0 Å². The molecule has 1 heterocycles. The van der Waals surface area contributed by atoms with Crippen LogP contribution in [0.15, 0.2) is 29.1 Å². The molecule has 0 aliphatic heterocycles. The highest BCUT2D eigenvalue weighted by atomic mass is 35.5. The first-order valence-electron chi connectivity index (χ1n) is 6.64. The zero-order chi connectivity index (χ0) is 14.4. The van der Waals surface area contributed by atoms with Crippen LogP contribution < -0.4 is 10.1 Å². The van der Waals surface area contributed by atoms with Crippen molar-refractivity contribution in [3.8, 4) is 5.75 Å². The zero-order valence-corrected chi connectivity index (χ0v) is 13.3. The standard InChI is InChI=1S/C15H19ClN2OS/c1-11(2)6-17-7-12-3-4-15(14(16)5-12)19-8-13-9-20-10-18-13/h3-5,9-11,17H,6-8H2,1-2H3. The van der Waals surface area contributed by atoms with Crippen LogP contribution in [-0.2, 0) is 13.2 Å². The normalized spacial score (nSPS) is 11.0. The van der Waals surface area contributed by atoms with Gasteiger partial charge in [0.05, 0.1) is 16.2 Å². The van der Waals surface area contributed by atoms with Crippen molar-refractivity contribution in [3.63, 3.8) is 0 Å². The Balaban J connectivity index is 1.88. The van der Waals surface area contributed by atoms with Crippen molar-refractivity contribution in [2.45, 2.75) is 27.0 Å². The van der Waals surface area contributed by atoms with Crippen LogP contribution in [-0.4, -0.2) is 11.5 Å². The Bertz CT molecular complexity index is 529. The molecule has 0 bridgehead atoms. The van der Waals surface area contributed by atoms with Gasteiger partial charge in [0.25, 0.3) is 0 Å². The first-order valence-corrected chi connectivity index (χ1v) is 7.96. The minimum absolute atomic E-state index is 0.453. The Morgan fingerprint density at radius 1 is 1.40 bits per heavy atom. The molecular formula is C15H19ClN2OS. The van der Waals surface area contributed by atoms with Crippen molar-refractivity contribution >= 4 is 22.9 Å². The fourth-order valence-electron chi connectivity index (χ4n) is 1.74. The predicted molar refractivity (Wildman–Crippen MR) is 84.4 cm³/mol. The summed E-state index contributed by atoms with van der Waals surface area (Å²) in [7, 11) is 0. The molecule has 3 nitrogen and oxygen atoms in total. The molecule has 0 atom stereocenters. The fourth-order valence-corrected chi connectivity index (χ4v) is 2.54. The van der Waals surface area contributed by atoms with Crippen LogP contribution in [0.3, 0.4) is 0 Å². The van der Waals surface area contributed by atoms with Crippen LogP contribution in [0.2, 0.25) is 5.02 Å². The summed E-state index contributed by atoms with van der Waals surface area (Å²) in [5.74, 6) is 1.35. The van der Waals surface area contributed by atoms with E-state index in [4.69, 9.17) is 16.3 Å². The van der Waals surface area contributed by atoms with Gasteiger partial charge in [-0.15, -0.1) is 11.3 Å². The molecule has 2 aromatic rings. The van der Waals surface area contributed by atoms with Gasteiger partial charge in [0.1, 0.15) is 12.4 Å². The molecule has 0 spiro atoms. The van der Waals surface area contributed by atoms with E-state index >= 15 is 0 Å². The number of halogens is 1. The topological polar surface area (TPSA) is 34.1 Å². The van der Waals surface area contributed by atoms with Gasteiger partial charge in [-0.3, -0.25) is 0 Å². The molecule has 1 aromatic heterocycles. The van der Waals surface area contributed by atoms with Crippen molar-refractivity contribution in [2.75, 3.05) is 6.54 Å². The highest BCUT2D eigenvalue weighted by Crippen LogP contribution is 2.26. The van der Waals surface area contributed by atoms with Gasteiger partial charge in [-0.2, -0.15) is 0 Å². The van der Waals surface area contributed by atoms with E-state index < -0.39 is 0 Å². The third-order valence-electron chi connectivity index (χ3n) is 2.74. The maximum Gasteiger partial charge on any atom is 0.138 e. The van der Waals surface area contributed by atoms with Crippen LogP contribution in [0.5, 0.6) is 5.75 Å². The zero-order valence-electron chi connectivity index (χ0n) is 11.7. The van der Waals surface area contributed by atoms with E-state index in [1.807, 2.05) is 23.6 Å². The Kier molecular flexibility index (Phi) is 5.83. The summed E-state index contributed by atoms with van der Waals surface area (Å²) in [6, 6.07) is 5.90. The molecule has 20 heavy (non-hydrogen) atoms. The van der Waals surface area contributed by atoms with E-state index in [1.165, 1.54) is 0 Å². The highest BCUT2D eigenvalue weighted by molar-refractivity contribution is 7.07. The van der Waals surface area contributed by atoms with E-state index in [2.05, 4.69) is 24.1 Å². The maximum atomic E-state index is 6.24. The lowest BCUT2D eigenvalue weighted by Crippen LogP contribution is -2.18. The van der Waals surface area contributed by atoms with Crippen LogP contribution >= 0.6 is 22.9 Å². The van der Waals surface area contributed by atoms with Crippen molar-refractivity contribution < 1.29 is 4.74 Å². The average molecular weight is 311 g/mol. The molecule has 0 radical (unpaired) electrons. The van der Waals surface area contributed by atoms with E-state index in [-0.39, 0.29) is 0 Å². The number of nitrogens with zero attached hydrogens (tertiary/aromatic N) is 1. The lowest BCUT2D eigenvalue weighted by Gasteiger charge is -2.10. The number of rotatable bonds is 7. The number of aromatic nitrogens is 1. The number of hydrogen-bond acceptors (Lipinski definition) is 4. The quantitative estimate of drug-likeness (QED) is 0.835. The largest absolute Gasteiger partial charge is 0.486 e. The molecule has 0 saturated heterocycles. The summed E-state index contributed by atoms with van der Waals surface area (Å²) in [6.07, 6.45) is 0. The van der Waals surface area contributed by atoms with Gasteiger partial charge >= 0.3 is 0 Å². The minimum Gasteiger partial charge on any atom is -0.486 e. The lowest BCUT2D eigenvalue weighted by atomic mass is 10.2. The van der Waals surface area contributed by atoms with Gasteiger partial charge in [0.2, 0.25) is 0 Å². The Hall–Kier alpha value is -1.10. The van der Waals surface area contributed by atoms with Crippen LogP contribution in [0.25, 0.3) is 0 Å². The Morgan fingerprint density at radius 3 is 2.90 bits per heavy atom. The van der Waals surface area contributed by atoms with E-state index in [9.17, 15) is 0 Å². The minimum atomic E-state index is 0.453. The van der Waals surface area contributed by atoms with Crippen molar-refractivity contribution in [3.05, 3.63) is 45.4 Å². The first kappa shape index (κ1) is 15.3. The van der Waals surface area contributed by atoms with Crippen molar-refractivity contribution in [1.29, 1.82) is 0 Å². The average Bonchev–Trinajstić information content (AvgIpc) is 2.90. The summed E-state index contributed by atoms with van der Waals surface area (Å²) >= 11 is 7.80. The van der Waals surface area contributed by atoms with Gasteiger partial charge in [-0.25, -0.2) is 4.98 Å². The van der Waals surface area contributed by atoms with Crippen LogP contribution in [0.1, 0.15) is 25.1 Å². The summed E-state index contributed by atoms with van der Waals surface area (Å²) < 4.78 is 5.67. The number of hydrogen-bond donors (Lipinski definition) is 1. The summed E-state index contributed by atoms with van der Waals surface area (Å²) in [5.41, 5.74) is 3.88. The fraction of sp³-hybridized carbons (Fsp3) is 0.400. The van der Waals surface area contributed by atoms with Crippen LogP contribution in [0, 0.1) is 5.92 Å². The summed E-state index contributed by atoms with van der Waals surface area (Å²) in [5, 5.41) is 6.01. The van der Waals surface area contributed by atoms with Gasteiger partial charge < -0.3 is 10.1 Å². The van der Waals surface area contributed by atoms with Gasteiger partial charge in [-0.05, 0) is 30.2 Å². The molecule has 0 saturated carbocycles. The van der Waals surface area contributed by atoms with E-state index in [0.29, 0.717) is 23.3 Å². The smallest absolute Gasteiger partial charge is 0.138 e. The molecule has 1 N–H and O–H groups in total. The molecule has 108 valence electrons. The molecule has 0 aliphatic rings. The molecule has 0 fully saturated rings. The molecule has 5 heteroatoms. The molecule has 0 aliphatic carbocycles. The Morgan fingerprint density at radius 2 is 2.25 bits per heavy atom. The molecule has 0 unspecified atom stereocenters. The molecule has 1 aromatic carbocycles. The molecular weight excluding hydrogens is 292 g/mol. The second kappa shape index (κ2) is 7.62. The number of thiazole rings is 1. The Labute approximate surface area is 129 Å². The third kappa shape index (κ3) is 4.78. The van der Waals surface area contributed by atoms with Crippen LogP contribution in [0.4, 0.5) is 0 Å². The monoisotopic (exact) mass is 310 g/mol. The third-order valence-corrected chi connectivity index (χ3v) is 3.67. The van der Waals surface area contributed by atoms with Crippen molar-refractivity contribution in [2.24, 2.45) is 5.92 Å². The van der Waals surface area contributed by atoms with E-state index in [1.54, 1.807) is 16.8 Å². The molecule has 0 amide bonds. The predicted octanol–water partition coefficient (Wildman–Crippen LogP) is 4.12. The number of benzene rings is 1. The first-order chi connectivity index (χ1) is 9.65. The highest BCUT2D eigenvalue weighted by Gasteiger charge is 2.05.